The first kappa shape index (κ1) is 13.7. The topological polar surface area (TPSA) is 49.7 Å². The second kappa shape index (κ2) is 6.41. The van der Waals surface area contributed by atoms with E-state index in [2.05, 4.69) is 0 Å². The van der Waals surface area contributed by atoms with Crippen molar-refractivity contribution in [2.45, 2.75) is 30.7 Å². The average Bonchev–Trinajstić information content (AvgIpc) is 2.67. The van der Waals surface area contributed by atoms with Gasteiger partial charge in [0.05, 0.1) is 12.7 Å². The Kier molecular flexibility index (Phi) is 4.87. The standard InChI is InChI=1S/C14H19ClO3/c15-12-7-11(14(17)8-12)9-18-13-3-1-10(2-4-13)5-6-16/h1-4,11-12,14,16-17H,5-9H2/t11-,12-,14+/m0/s1. The van der Waals surface area contributed by atoms with E-state index in [-0.39, 0.29) is 24.0 Å². The fourth-order valence-corrected chi connectivity index (χ4v) is 2.71. The van der Waals surface area contributed by atoms with E-state index in [4.69, 9.17) is 21.4 Å². The Morgan fingerprint density at radius 1 is 1.22 bits per heavy atom. The Balaban J connectivity index is 1.83. The van der Waals surface area contributed by atoms with Crippen LogP contribution < -0.4 is 4.74 Å². The Hall–Kier alpha value is -0.770. The lowest BCUT2D eigenvalue weighted by atomic mass is 10.1. The highest BCUT2D eigenvalue weighted by Crippen LogP contribution is 2.30. The number of aliphatic hydroxyl groups is 2. The van der Waals surface area contributed by atoms with Crippen molar-refractivity contribution in [3.05, 3.63) is 29.8 Å². The number of hydrogen-bond donors (Lipinski definition) is 2. The van der Waals surface area contributed by atoms with E-state index in [0.717, 1.165) is 17.7 Å². The smallest absolute Gasteiger partial charge is 0.119 e. The van der Waals surface area contributed by atoms with Gasteiger partial charge in [-0.1, -0.05) is 12.1 Å². The minimum Gasteiger partial charge on any atom is -0.493 e. The molecule has 3 nitrogen and oxygen atoms in total. The van der Waals surface area contributed by atoms with Gasteiger partial charge in [0.25, 0.3) is 0 Å². The molecule has 0 heterocycles. The van der Waals surface area contributed by atoms with Crippen LogP contribution in [0.5, 0.6) is 5.75 Å². The molecular weight excluding hydrogens is 252 g/mol. The van der Waals surface area contributed by atoms with Crippen molar-refractivity contribution >= 4 is 11.6 Å². The maximum Gasteiger partial charge on any atom is 0.119 e. The number of aliphatic hydroxyl groups excluding tert-OH is 2. The molecule has 3 atom stereocenters. The molecule has 1 aromatic rings. The number of alkyl halides is 1. The molecular formula is C14H19ClO3. The van der Waals surface area contributed by atoms with Crippen LogP contribution in [0.4, 0.5) is 0 Å². The molecule has 0 radical (unpaired) electrons. The summed E-state index contributed by atoms with van der Waals surface area (Å²) in [6.07, 6.45) is 1.78. The fraction of sp³-hybridized carbons (Fsp3) is 0.571. The predicted octanol–water partition coefficient (Wildman–Crippen LogP) is 1.98. The normalized spacial score (nSPS) is 27.4. The Morgan fingerprint density at radius 2 is 1.94 bits per heavy atom. The first-order valence-corrected chi connectivity index (χ1v) is 6.77. The van der Waals surface area contributed by atoms with Crippen LogP contribution in [0.3, 0.4) is 0 Å². The monoisotopic (exact) mass is 270 g/mol. The largest absolute Gasteiger partial charge is 0.493 e. The summed E-state index contributed by atoms with van der Waals surface area (Å²) in [7, 11) is 0. The molecule has 2 rings (SSSR count). The minimum absolute atomic E-state index is 0.0699. The summed E-state index contributed by atoms with van der Waals surface area (Å²) >= 11 is 6.00. The van der Waals surface area contributed by atoms with Gasteiger partial charge >= 0.3 is 0 Å². The molecule has 1 aliphatic carbocycles. The van der Waals surface area contributed by atoms with Crippen LogP contribution in [0.25, 0.3) is 0 Å². The zero-order chi connectivity index (χ0) is 13.0. The van der Waals surface area contributed by atoms with Crippen molar-refractivity contribution in [1.82, 2.24) is 0 Å². The summed E-state index contributed by atoms with van der Waals surface area (Å²) in [5.74, 6) is 0.923. The van der Waals surface area contributed by atoms with Crippen molar-refractivity contribution in [3.8, 4) is 5.75 Å². The number of ether oxygens (including phenoxy) is 1. The number of benzene rings is 1. The van der Waals surface area contributed by atoms with Gasteiger partial charge in [0.2, 0.25) is 0 Å². The molecule has 0 spiro atoms. The average molecular weight is 271 g/mol. The van der Waals surface area contributed by atoms with E-state index in [1.54, 1.807) is 0 Å². The van der Waals surface area contributed by atoms with Gasteiger partial charge in [0.1, 0.15) is 5.75 Å². The zero-order valence-electron chi connectivity index (χ0n) is 10.3. The van der Waals surface area contributed by atoms with Crippen LogP contribution in [0, 0.1) is 5.92 Å². The van der Waals surface area contributed by atoms with Gasteiger partial charge in [-0.2, -0.15) is 0 Å². The number of rotatable bonds is 5. The van der Waals surface area contributed by atoms with E-state index >= 15 is 0 Å². The third-order valence-corrected chi connectivity index (χ3v) is 3.74. The second-order valence-corrected chi connectivity index (χ2v) is 5.44. The van der Waals surface area contributed by atoms with Crippen molar-refractivity contribution in [2.24, 2.45) is 5.92 Å². The van der Waals surface area contributed by atoms with Crippen molar-refractivity contribution in [1.29, 1.82) is 0 Å². The highest BCUT2D eigenvalue weighted by molar-refractivity contribution is 6.20. The molecule has 0 bridgehead atoms. The summed E-state index contributed by atoms with van der Waals surface area (Å²) < 4.78 is 5.66. The number of halogens is 1. The van der Waals surface area contributed by atoms with Crippen LogP contribution in [0.2, 0.25) is 0 Å². The van der Waals surface area contributed by atoms with E-state index in [1.807, 2.05) is 24.3 Å². The summed E-state index contributed by atoms with van der Waals surface area (Å²) in [5, 5.41) is 18.6. The van der Waals surface area contributed by atoms with Crippen LogP contribution in [-0.4, -0.2) is 34.9 Å². The summed E-state index contributed by atoms with van der Waals surface area (Å²) in [4.78, 5) is 0. The van der Waals surface area contributed by atoms with E-state index in [0.29, 0.717) is 19.4 Å². The molecule has 1 aromatic carbocycles. The van der Waals surface area contributed by atoms with Gasteiger partial charge < -0.3 is 14.9 Å². The first-order valence-electron chi connectivity index (χ1n) is 6.33. The Labute approximate surface area is 112 Å². The van der Waals surface area contributed by atoms with E-state index in [9.17, 15) is 5.11 Å². The third kappa shape index (κ3) is 3.61. The van der Waals surface area contributed by atoms with Crippen LogP contribution in [0.1, 0.15) is 18.4 Å². The van der Waals surface area contributed by atoms with Crippen LogP contribution in [0.15, 0.2) is 24.3 Å². The van der Waals surface area contributed by atoms with Gasteiger partial charge in [-0.15, -0.1) is 11.6 Å². The lowest BCUT2D eigenvalue weighted by Gasteiger charge is -2.15. The molecule has 1 aliphatic rings. The minimum atomic E-state index is -0.346. The van der Waals surface area contributed by atoms with E-state index in [1.165, 1.54) is 0 Å². The molecule has 1 fully saturated rings. The molecule has 0 aromatic heterocycles. The van der Waals surface area contributed by atoms with Crippen molar-refractivity contribution < 1.29 is 14.9 Å². The molecule has 2 N–H and O–H groups in total. The Bertz CT molecular complexity index is 366. The van der Waals surface area contributed by atoms with Crippen LogP contribution >= 0.6 is 11.6 Å². The number of hydrogen-bond acceptors (Lipinski definition) is 3. The molecule has 0 saturated heterocycles. The zero-order valence-corrected chi connectivity index (χ0v) is 11.0. The van der Waals surface area contributed by atoms with E-state index < -0.39 is 0 Å². The molecule has 0 aliphatic heterocycles. The highest BCUT2D eigenvalue weighted by atomic mass is 35.5. The predicted molar refractivity (Wildman–Crippen MR) is 71.1 cm³/mol. The lowest BCUT2D eigenvalue weighted by Crippen LogP contribution is -2.20. The van der Waals surface area contributed by atoms with Gasteiger partial charge in [-0.05, 0) is 37.0 Å². The van der Waals surface area contributed by atoms with Gasteiger partial charge in [0, 0.05) is 17.9 Å². The molecule has 1 saturated carbocycles. The second-order valence-electron chi connectivity index (χ2n) is 4.82. The molecule has 0 amide bonds. The SMILES string of the molecule is OCCc1ccc(OC[C@@H]2C[C@H](Cl)C[C@H]2O)cc1. The molecule has 0 unspecified atom stereocenters. The maximum atomic E-state index is 9.76. The lowest BCUT2D eigenvalue weighted by molar-refractivity contribution is 0.0986. The van der Waals surface area contributed by atoms with Crippen molar-refractivity contribution in [2.75, 3.05) is 13.2 Å². The van der Waals surface area contributed by atoms with Gasteiger partial charge in [-0.25, -0.2) is 0 Å². The fourth-order valence-electron chi connectivity index (χ4n) is 2.30. The summed E-state index contributed by atoms with van der Waals surface area (Å²) in [6.45, 7) is 0.662. The highest BCUT2D eigenvalue weighted by Gasteiger charge is 2.32. The third-order valence-electron chi connectivity index (χ3n) is 3.39. The summed E-state index contributed by atoms with van der Waals surface area (Å²) in [5.41, 5.74) is 1.09. The van der Waals surface area contributed by atoms with Crippen molar-refractivity contribution in [3.63, 3.8) is 0 Å². The Morgan fingerprint density at radius 3 is 2.50 bits per heavy atom. The molecule has 18 heavy (non-hydrogen) atoms. The summed E-state index contributed by atoms with van der Waals surface area (Å²) in [6, 6.07) is 7.68. The molecule has 4 heteroatoms. The molecule has 100 valence electrons. The van der Waals surface area contributed by atoms with Gasteiger partial charge in [0.15, 0.2) is 0 Å². The maximum absolute atomic E-state index is 9.76. The van der Waals surface area contributed by atoms with Gasteiger partial charge in [-0.3, -0.25) is 0 Å². The van der Waals surface area contributed by atoms with Crippen LogP contribution in [-0.2, 0) is 6.42 Å². The first-order chi connectivity index (χ1) is 8.69. The quantitative estimate of drug-likeness (QED) is 0.805.